The maximum Gasteiger partial charge on any atom is 0.466 e. The molecular weight excluding hydrogens is 327 g/mol. The second-order valence-corrected chi connectivity index (χ2v) is 5.87. The van der Waals surface area contributed by atoms with Crippen LogP contribution >= 0.6 is 7.82 Å². The van der Waals surface area contributed by atoms with E-state index in [1.807, 2.05) is 0 Å². The highest BCUT2D eigenvalue weighted by Crippen LogP contribution is 2.26. The molecule has 1 aromatic rings. The Balaban J connectivity index is 0.000000463. The molecule has 0 unspecified atom stereocenters. The monoisotopic (exact) mass is 346 g/mol. The fourth-order valence-corrected chi connectivity index (χ4v) is 2.08. The molecule has 1 heterocycles. The average molecular weight is 346 g/mol. The molecule has 128 valence electrons. The zero-order chi connectivity index (χ0) is 17.9. The molecule has 0 saturated carbocycles. The van der Waals surface area contributed by atoms with Crippen LogP contribution in [0.25, 0.3) is 0 Å². The SMILES string of the molecule is CC1=C(N)C(=O)c2c(nc(C)n2CCCO)C1=N.O=P(O)(O)O. The number of phosphoric acid groups is 1. The van der Waals surface area contributed by atoms with Gasteiger partial charge in [0, 0.05) is 18.7 Å². The summed E-state index contributed by atoms with van der Waals surface area (Å²) in [5.41, 5.74) is 7.28. The van der Waals surface area contributed by atoms with E-state index in [1.54, 1.807) is 18.4 Å². The number of carbonyl (C=O) groups is 1. The summed E-state index contributed by atoms with van der Waals surface area (Å²) in [4.78, 5) is 38.0. The summed E-state index contributed by atoms with van der Waals surface area (Å²) in [5.74, 6) is 0.381. The van der Waals surface area contributed by atoms with Crippen LogP contribution in [-0.2, 0) is 11.1 Å². The molecule has 0 aliphatic heterocycles. The third-order valence-electron chi connectivity index (χ3n) is 3.17. The van der Waals surface area contributed by atoms with Crippen LogP contribution in [0, 0.1) is 12.3 Å². The van der Waals surface area contributed by atoms with Gasteiger partial charge in [-0.3, -0.25) is 10.2 Å². The van der Waals surface area contributed by atoms with E-state index in [9.17, 15) is 4.79 Å². The number of aliphatic hydroxyl groups excluding tert-OH is 1. The van der Waals surface area contributed by atoms with Crippen LogP contribution in [0.2, 0.25) is 0 Å². The zero-order valence-corrected chi connectivity index (χ0v) is 13.5. The number of aryl methyl sites for hydroxylation is 1. The maximum absolute atomic E-state index is 12.2. The van der Waals surface area contributed by atoms with Crippen molar-refractivity contribution < 1.29 is 29.1 Å². The van der Waals surface area contributed by atoms with Gasteiger partial charge in [0.25, 0.3) is 0 Å². The van der Waals surface area contributed by atoms with Gasteiger partial charge in [-0.15, -0.1) is 0 Å². The minimum absolute atomic E-state index is 0.0440. The van der Waals surface area contributed by atoms with Crippen LogP contribution in [0.5, 0.6) is 0 Å². The number of rotatable bonds is 3. The zero-order valence-electron chi connectivity index (χ0n) is 12.6. The number of nitrogens with zero attached hydrogens (tertiary/aromatic N) is 2. The molecule has 0 aromatic carbocycles. The van der Waals surface area contributed by atoms with Crippen molar-refractivity contribution in [1.82, 2.24) is 9.55 Å². The van der Waals surface area contributed by atoms with Gasteiger partial charge in [0.15, 0.2) is 0 Å². The highest BCUT2D eigenvalue weighted by molar-refractivity contribution is 7.45. The summed E-state index contributed by atoms with van der Waals surface area (Å²) < 4.78 is 10.6. The molecule has 0 radical (unpaired) electrons. The molecule has 0 saturated heterocycles. The number of carbonyl (C=O) groups excluding carboxylic acids is 1. The van der Waals surface area contributed by atoms with Crippen molar-refractivity contribution in [3.05, 3.63) is 28.5 Å². The van der Waals surface area contributed by atoms with Crippen LogP contribution in [0.15, 0.2) is 11.3 Å². The van der Waals surface area contributed by atoms with Crippen LogP contribution in [0.3, 0.4) is 0 Å². The summed E-state index contributed by atoms with van der Waals surface area (Å²) in [5, 5.41) is 16.8. The molecule has 0 amide bonds. The summed E-state index contributed by atoms with van der Waals surface area (Å²) in [7, 11) is -4.64. The minimum atomic E-state index is -4.64. The average Bonchev–Trinajstić information content (AvgIpc) is 2.76. The first-order chi connectivity index (χ1) is 10.5. The van der Waals surface area contributed by atoms with Gasteiger partial charge < -0.3 is 30.1 Å². The fourth-order valence-electron chi connectivity index (χ4n) is 2.08. The number of allylic oxidation sites excluding steroid dienone is 2. The smallest absolute Gasteiger partial charge is 0.396 e. The van der Waals surface area contributed by atoms with Crippen LogP contribution in [0.1, 0.15) is 35.4 Å². The number of nitrogens with one attached hydrogen (secondary N) is 1. The maximum atomic E-state index is 12.2. The van der Waals surface area contributed by atoms with Crippen LogP contribution in [0.4, 0.5) is 0 Å². The fraction of sp³-hybridized carbons (Fsp3) is 0.417. The van der Waals surface area contributed by atoms with Gasteiger partial charge in [-0.05, 0) is 20.3 Å². The van der Waals surface area contributed by atoms with E-state index in [1.165, 1.54) is 0 Å². The Morgan fingerprint density at radius 3 is 2.30 bits per heavy atom. The van der Waals surface area contributed by atoms with E-state index in [4.69, 9.17) is 35.5 Å². The van der Waals surface area contributed by atoms with E-state index in [0.29, 0.717) is 35.8 Å². The number of hydrogen-bond donors (Lipinski definition) is 6. The topological polar surface area (TPSA) is 183 Å². The van der Waals surface area contributed by atoms with E-state index < -0.39 is 7.82 Å². The van der Waals surface area contributed by atoms with Gasteiger partial charge in [-0.1, -0.05) is 0 Å². The first-order valence-corrected chi connectivity index (χ1v) is 8.12. The molecule has 23 heavy (non-hydrogen) atoms. The van der Waals surface area contributed by atoms with E-state index >= 15 is 0 Å². The van der Waals surface area contributed by atoms with Crippen molar-refractivity contribution in [2.75, 3.05) is 6.61 Å². The molecule has 1 aliphatic carbocycles. The summed E-state index contributed by atoms with van der Waals surface area (Å²) >= 11 is 0. The van der Waals surface area contributed by atoms with Crippen molar-refractivity contribution in [1.29, 1.82) is 5.41 Å². The second-order valence-electron chi connectivity index (χ2n) is 4.84. The quantitative estimate of drug-likeness (QED) is 0.393. The van der Waals surface area contributed by atoms with Crippen LogP contribution < -0.4 is 5.73 Å². The Morgan fingerprint density at radius 2 is 1.83 bits per heavy atom. The molecule has 0 spiro atoms. The van der Waals surface area contributed by atoms with E-state index in [2.05, 4.69) is 4.98 Å². The highest BCUT2D eigenvalue weighted by atomic mass is 31.2. The lowest BCUT2D eigenvalue weighted by Gasteiger charge is -2.16. The third kappa shape index (κ3) is 4.57. The summed E-state index contributed by atoms with van der Waals surface area (Å²) in [6.45, 7) is 3.97. The first kappa shape index (κ1) is 19.2. The molecule has 2 rings (SSSR count). The number of ketones is 1. The van der Waals surface area contributed by atoms with E-state index in [0.717, 1.165) is 0 Å². The van der Waals surface area contributed by atoms with Crippen molar-refractivity contribution in [3.63, 3.8) is 0 Å². The van der Waals surface area contributed by atoms with Gasteiger partial charge in [0.2, 0.25) is 5.78 Å². The highest BCUT2D eigenvalue weighted by Gasteiger charge is 2.31. The summed E-state index contributed by atoms with van der Waals surface area (Å²) in [6, 6.07) is 0. The Bertz CT molecular complexity index is 709. The van der Waals surface area contributed by atoms with Crippen molar-refractivity contribution >= 4 is 19.3 Å². The predicted molar refractivity (Wildman–Crippen MR) is 81.0 cm³/mol. The minimum Gasteiger partial charge on any atom is -0.396 e. The van der Waals surface area contributed by atoms with Gasteiger partial charge in [-0.25, -0.2) is 9.55 Å². The lowest BCUT2D eigenvalue weighted by molar-refractivity contribution is 0.102. The molecule has 10 nitrogen and oxygen atoms in total. The first-order valence-electron chi connectivity index (χ1n) is 6.55. The van der Waals surface area contributed by atoms with Crippen molar-refractivity contribution in [2.45, 2.75) is 26.8 Å². The van der Waals surface area contributed by atoms with Crippen molar-refractivity contribution in [2.24, 2.45) is 5.73 Å². The number of nitrogens with two attached hydrogens (primary N) is 1. The Kier molecular flexibility index (Phi) is 5.98. The molecule has 1 aliphatic rings. The number of hydrogen-bond acceptors (Lipinski definition) is 6. The number of aliphatic hydroxyl groups is 1. The van der Waals surface area contributed by atoms with Gasteiger partial charge in [-0.2, -0.15) is 0 Å². The van der Waals surface area contributed by atoms with Gasteiger partial charge in [0.1, 0.15) is 17.2 Å². The normalized spacial score (nSPS) is 14.5. The molecule has 7 N–H and O–H groups in total. The summed E-state index contributed by atoms with van der Waals surface area (Å²) in [6.07, 6.45) is 0.535. The Morgan fingerprint density at radius 1 is 1.30 bits per heavy atom. The Hall–Kier alpha value is -1.84. The number of fused-ring (bicyclic) bond motifs is 1. The molecule has 0 fully saturated rings. The number of imidazole rings is 1. The molecule has 1 aromatic heterocycles. The lowest BCUT2D eigenvalue weighted by Crippen LogP contribution is -2.27. The molecule has 0 bridgehead atoms. The standard InChI is InChI=1S/C12H16N4O2.H3O4P/c1-6-8(13)10-11(12(18)9(6)14)16(4-3-5-17)7(2)15-10;1-5(2,3)4/h13,17H,3-5,14H2,1-2H3;(H3,1,2,3,4). The molecular formula is C12H19N4O6P. The van der Waals surface area contributed by atoms with Crippen molar-refractivity contribution in [3.8, 4) is 0 Å². The molecule has 11 heteroatoms. The van der Waals surface area contributed by atoms with Gasteiger partial charge in [0.05, 0.1) is 11.4 Å². The Labute approximate surface area is 132 Å². The lowest BCUT2D eigenvalue weighted by atomic mass is 9.95. The predicted octanol–water partition coefficient (Wildman–Crippen LogP) is -0.558. The molecule has 0 atom stereocenters. The number of aromatic nitrogens is 2. The van der Waals surface area contributed by atoms with Crippen LogP contribution in [-0.4, -0.2) is 47.4 Å². The van der Waals surface area contributed by atoms with E-state index in [-0.39, 0.29) is 23.8 Å². The largest absolute Gasteiger partial charge is 0.466 e. The number of Topliss-reactive ketones (excluding diaryl/α,β-unsaturated/α-hetero) is 1. The third-order valence-corrected chi connectivity index (χ3v) is 3.17. The van der Waals surface area contributed by atoms with Gasteiger partial charge >= 0.3 is 7.82 Å². The second kappa shape index (κ2) is 7.16.